The van der Waals surface area contributed by atoms with E-state index in [-0.39, 0.29) is 17.2 Å². The molecular formula is C26H20N6O3S. The molecule has 5 rings (SSSR count). The number of carbonyl (C=O) groups excluding carboxylic acids is 1. The van der Waals surface area contributed by atoms with Gasteiger partial charge in [0.2, 0.25) is 11.7 Å². The van der Waals surface area contributed by atoms with Gasteiger partial charge < -0.3 is 10.1 Å². The van der Waals surface area contributed by atoms with Gasteiger partial charge in [0.1, 0.15) is 5.75 Å². The topological polar surface area (TPSA) is 114 Å². The molecule has 9 nitrogen and oxygen atoms in total. The number of hydrogen-bond acceptors (Lipinski definition) is 7. The number of hydrogen-bond donors (Lipinski definition) is 1. The Kier molecular flexibility index (Phi) is 6.38. The number of anilines is 1. The normalized spacial score (nSPS) is 10.9. The lowest BCUT2D eigenvalue weighted by molar-refractivity contribution is -0.113. The summed E-state index contributed by atoms with van der Waals surface area (Å²) in [6, 6.07) is 23.6. The Morgan fingerprint density at radius 1 is 1.08 bits per heavy atom. The highest BCUT2D eigenvalue weighted by atomic mass is 32.2. The molecule has 0 fully saturated rings. The van der Waals surface area contributed by atoms with Gasteiger partial charge in [-0.05, 0) is 42.0 Å². The maximum atomic E-state index is 13.4. The lowest BCUT2D eigenvalue weighted by atomic mass is 10.1. The summed E-state index contributed by atoms with van der Waals surface area (Å²) < 4.78 is 8.61. The van der Waals surface area contributed by atoms with Crippen molar-refractivity contribution >= 4 is 40.0 Å². The smallest absolute Gasteiger partial charge is 0.267 e. The molecule has 0 aliphatic rings. The van der Waals surface area contributed by atoms with Crippen molar-refractivity contribution in [2.45, 2.75) is 11.6 Å². The predicted octanol–water partition coefficient (Wildman–Crippen LogP) is 3.84. The molecule has 5 aromatic rings. The van der Waals surface area contributed by atoms with E-state index in [4.69, 9.17) is 10.00 Å². The van der Waals surface area contributed by atoms with E-state index >= 15 is 0 Å². The second-order valence-electron chi connectivity index (χ2n) is 7.85. The van der Waals surface area contributed by atoms with Gasteiger partial charge in [-0.2, -0.15) is 5.26 Å². The van der Waals surface area contributed by atoms with Crippen LogP contribution < -0.4 is 15.6 Å². The van der Waals surface area contributed by atoms with E-state index in [0.29, 0.717) is 45.4 Å². The summed E-state index contributed by atoms with van der Waals surface area (Å²) in [4.78, 5) is 26.1. The molecule has 0 saturated heterocycles. The Balaban J connectivity index is 1.49. The van der Waals surface area contributed by atoms with Crippen LogP contribution in [0.15, 0.2) is 82.7 Å². The van der Waals surface area contributed by atoms with Gasteiger partial charge >= 0.3 is 0 Å². The third-order valence-corrected chi connectivity index (χ3v) is 6.49. The van der Waals surface area contributed by atoms with Crippen molar-refractivity contribution in [1.29, 1.82) is 5.26 Å². The molecule has 1 amide bonds. The summed E-state index contributed by atoms with van der Waals surface area (Å²) >= 11 is 1.22. The Morgan fingerprint density at radius 2 is 1.89 bits per heavy atom. The summed E-state index contributed by atoms with van der Waals surface area (Å²) in [7, 11) is 1.56. The zero-order valence-corrected chi connectivity index (χ0v) is 20.0. The molecule has 0 unspecified atom stereocenters. The van der Waals surface area contributed by atoms with Crippen LogP contribution in [-0.4, -0.2) is 37.9 Å². The van der Waals surface area contributed by atoms with Crippen LogP contribution in [-0.2, 0) is 11.2 Å². The van der Waals surface area contributed by atoms with Crippen LogP contribution in [0.3, 0.4) is 0 Å². The molecule has 0 saturated carbocycles. The molecule has 1 N–H and O–H groups in total. The number of nitrogens with zero attached hydrogens (tertiary/aromatic N) is 5. The number of aromatic nitrogens is 4. The molecule has 36 heavy (non-hydrogen) atoms. The highest BCUT2D eigenvalue weighted by Crippen LogP contribution is 2.24. The number of para-hydroxylation sites is 1. The van der Waals surface area contributed by atoms with Crippen LogP contribution in [0.5, 0.6) is 5.75 Å². The highest BCUT2D eigenvalue weighted by Gasteiger charge is 2.19. The second-order valence-corrected chi connectivity index (χ2v) is 8.79. The van der Waals surface area contributed by atoms with Gasteiger partial charge in [0.15, 0.2) is 5.16 Å². The van der Waals surface area contributed by atoms with E-state index in [9.17, 15) is 9.59 Å². The zero-order chi connectivity index (χ0) is 25.1. The number of ether oxygens (including phenoxy) is 1. The molecule has 10 heteroatoms. The predicted molar refractivity (Wildman–Crippen MR) is 138 cm³/mol. The van der Waals surface area contributed by atoms with E-state index in [0.717, 1.165) is 5.56 Å². The molecule has 0 atom stereocenters. The molecule has 2 aromatic heterocycles. The monoisotopic (exact) mass is 496 g/mol. The first-order valence-corrected chi connectivity index (χ1v) is 12.0. The SMILES string of the molecule is COc1cccc(-n2c(=O)c3ccccc3n3c(SCC(=O)Nc4ccc(CC#N)cc4)nnc23)c1. The lowest BCUT2D eigenvalue weighted by Crippen LogP contribution is -2.22. The van der Waals surface area contributed by atoms with Gasteiger partial charge in [-0.3, -0.25) is 14.0 Å². The molecule has 2 heterocycles. The van der Waals surface area contributed by atoms with Crippen LogP contribution in [0.25, 0.3) is 22.4 Å². The van der Waals surface area contributed by atoms with Crippen molar-refractivity contribution in [2.24, 2.45) is 0 Å². The largest absolute Gasteiger partial charge is 0.497 e. The minimum Gasteiger partial charge on any atom is -0.497 e. The van der Waals surface area contributed by atoms with Gasteiger partial charge in [0, 0.05) is 11.8 Å². The minimum absolute atomic E-state index is 0.0906. The maximum absolute atomic E-state index is 13.4. The Hall–Kier alpha value is -4.62. The maximum Gasteiger partial charge on any atom is 0.267 e. The fourth-order valence-corrected chi connectivity index (χ4v) is 4.62. The summed E-state index contributed by atoms with van der Waals surface area (Å²) in [5, 5.41) is 21.2. The first kappa shape index (κ1) is 23.1. The van der Waals surface area contributed by atoms with Gasteiger partial charge in [-0.25, -0.2) is 4.57 Å². The summed E-state index contributed by atoms with van der Waals surface area (Å²) in [6.45, 7) is 0. The van der Waals surface area contributed by atoms with E-state index < -0.39 is 0 Å². The Morgan fingerprint density at radius 3 is 2.67 bits per heavy atom. The van der Waals surface area contributed by atoms with Crippen LogP contribution in [0.1, 0.15) is 5.56 Å². The Bertz CT molecular complexity index is 1680. The molecule has 0 aliphatic carbocycles. The van der Waals surface area contributed by atoms with Gasteiger partial charge in [-0.1, -0.05) is 42.1 Å². The number of rotatable bonds is 7. The van der Waals surface area contributed by atoms with Crippen molar-refractivity contribution < 1.29 is 9.53 Å². The second kappa shape index (κ2) is 9.93. The number of nitriles is 1. The third kappa shape index (κ3) is 4.39. The van der Waals surface area contributed by atoms with Crippen LogP contribution in [0.4, 0.5) is 5.69 Å². The Labute approximate surface area is 210 Å². The van der Waals surface area contributed by atoms with E-state index in [1.807, 2.05) is 24.3 Å². The molecule has 0 radical (unpaired) electrons. The highest BCUT2D eigenvalue weighted by molar-refractivity contribution is 7.99. The zero-order valence-electron chi connectivity index (χ0n) is 19.2. The fraction of sp³-hybridized carbons (Fsp3) is 0.115. The number of thioether (sulfide) groups is 1. The van der Waals surface area contributed by atoms with Crippen molar-refractivity contribution in [3.63, 3.8) is 0 Å². The van der Waals surface area contributed by atoms with Crippen molar-refractivity contribution in [2.75, 3.05) is 18.2 Å². The number of benzene rings is 3. The number of fused-ring (bicyclic) bond motifs is 3. The average Bonchev–Trinajstić information content (AvgIpc) is 3.33. The molecule has 178 valence electrons. The molecule has 3 aromatic carbocycles. The molecular weight excluding hydrogens is 476 g/mol. The standard InChI is InChI=1S/C26H20N6O3S/c1-35-20-6-4-5-19(15-20)31-24(34)21-7-2-3-8-22(21)32-25(31)29-30-26(32)36-16-23(33)28-18-11-9-17(10-12-18)13-14-27/h2-12,15H,13,16H2,1H3,(H,28,33). The number of nitrogens with one attached hydrogen (secondary N) is 1. The number of methoxy groups -OCH3 is 1. The van der Waals surface area contributed by atoms with E-state index in [1.54, 1.807) is 60.0 Å². The first-order valence-electron chi connectivity index (χ1n) is 11.0. The van der Waals surface area contributed by atoms with Crippen LogP contribution >= 0.6 is 11.8 Å². The van der Waals surface area contributed by atoms with E-state index in [2.05, 4.69) is 21.6 Å². The number of amides is 1. The summed E-state index contributed by atoms with van der Waals surface area (Å²) in [5.74, 6) is 0.822. The van der Waals surface area contributed by atoms with Gasteiger partial charge in [-0.15, -0.1) is 10.2 Å². The molecule has 0 spiro atoms. The van der Waals surface area contributed by atoms with E-state index in [1.165, 1.54) is 16.3 Å². The van der Waals surface area contributed by atoms with Gasteiger partial charge in [0.25, 0.3) is 5.56 Å². The first-order chi connectivity index (χ1) is 17.6. The number of carbonyl (C=O) groups is 1. The third-order valence-electron chi connectivity index (χ3n) is 5.56. The van der Waals surface area contributed by atoms with Crippen molar-refractivity contribution in [3.8, 4) is 17.5 Å². The average molecular weight is 497 g/mol. The van der Waals surface area contributed by atoms with Crippen LogP contribution in [0, 0.1) is 11.3 Å². The summed E-state index contributed by atoms with van der Waals surface area (Å²) in [6.07, 6.45) is 0.318. The molecule has 0 bridgehead atoms. The lowest BCUT2D eigenvalue weighted by Gasteiger charge is -2.12. The minimum atomic E-state index is -0.229. The molecule has 0 aliphatic heterocycles. The quantitative estimate of drug-likeness (QED) is 0.341. The van der Waals surface area contributed by atoms with Crippen molar-refractivity contribution in [1.82, 2.24) is 19.2 Å². The summed E-state index contributed by atoms with van der Waals surface area (Å²) in [5.41, 5.74) is 2.54. The van der Waals surface area contributed by atoms with Crippen LogP contribution in [0.2, 0.25) is 0 Å². The fourth-order valence-electron chi connectivity index (χ4n) is 3.88. The van der Waals surface area contributed by atoms with Gasteiger partial charge in [0.05, 0.1) is 41.9 Å². The van der Waals surface area contributed by atoms with Crippen molar-refractivity contribution in [3.05, 3.63) is 88.7 Å².